The first-order valence-electron chi connectivity index (χ1n) is 8.72. The monoisotopic (exact) mass is 290 g/mol. The average Bonchev–Trinajstić information content (AvgIpc) is 2.53. The van der Waals surface area contributed by atoms with Crippen LogP contribution in [0.2, 0.25) is 0 Å². The quantitative estimate of drug-likeness (QED) is 0.641. The van der Waals surface area contributed by atoms with Crippen LogP contribution in [0.1, 0.15) is 82.5 Å². The van der Waals surface area contributed by atoms with E-state index in [9.17, 15) is 0 Å². The molecule has 1 saturated carbocycles. The van der Waals surface area contributed by atoms with Crippen molar-refractivity contribution in [3.05, 3.63) is 23.8 Å². The van der Waals surface area contributed by atoms with E-state index < -0.39 is 0 Å². The summed E-state index contributed by atoms with van der Waals surface area (Å²) in [6.45, 7) is 5.94. The molecule has 1 fully saturated rings. The molecule has 3 heteroatoms. The lowest BCUT2D eigenvalue weighted by Crippen LogP contribution is -2.15. The Hall–Kier alpha value is -0.960. The summed E-state index contributed by atoms with van der Waals surface area (Å²) in [6, 6.07) is 0. The molecule has 1 aromatic rings. The lowest BCUT2D eigenvalue weighted by atomic mass is 9.80. The predicted octanol–water partition coefficient (Wildman–Crippen LogP) is 4.87. The maximum Gasteiger partial charge on any atom is 0.131 e. The number of nitrogens with zero attached hydrogens (tertiary/aromatic N) is 2. The van der Waals surface area contributed by atoms with Crippen LogP contribution in [0.15, 0.2) is 12.4 Å². The van der Waals surface area contributed by atoms with Crippen LogP contribution >= 0.6 is 0 Å². The molecule has 0 saturated heterocycles. The van der Waals surface area contributed by atoms with Crippen molar-refractivity contribution in [3.8, 4) is 0 Å². The van der Waals surface area contributed by atoms with Gasteiger partial charge in [-0.15, -0.1) is 0 Å². The molecular formula is C18H30N2O. The van der Waals surface area contributed by atoms with Crippen LogP contribution in [0, 0.1) is 5.92 Å². The second kappa shape index (κ2) is 9.14. The smallest absolute Gasteiger partial charge is 0.131 e. The first-order valence-corrected chi connectivity index (χ1v) is 8.72. The summed E-state index contributed by atoms with van der Waals surface area (Å²) in [6.07, 6.45) is 14.1. The van der Waals surface area contributed by atoms with E-state index in [1.54, 1.807) is 0 Å². The second-order valence-corrected chi connectivity index (χ2v) is 6.36. The molecule has 118 valence electrons. The predicted molar refractivity (Wildman–Crippen MR) is 86.2 cm³/mol. The van der Waals surface area contributed by atoms with Gasteiger partial charge in [0, 0.05) is 30.5 Å². The van der Waals surface area contributed by atoms with E-state index in [2.05, 4.69) is 23.8 Å². The third-order valence-electron chi connectivity index (χ3n) is 4.55. The number of hydrogen-bond donors (Lipinski definition) is 0. The van der Waals surface area contributed by atoms with E-state index in [4.69, 9.17) is 4.74 Å². The third-order valence-corrected chi connectivity index (χ3v) is 4.55. The molecule has 0 aliphatic heterocycles. The summed E-state index contributed by atoms with van der Waals surface area (Å²) in [7, 11) is 0. The van der Waals surface area contributed by atoms with Crippen LogP contribution in [0.3, 0.4) is 0 Å². The van der Waals surface area contributed by atoms with Gasteiger partial charge in [-0.1, -0.05) is 33.1 Å². The number of aromatic nitrogens is 2. The van der Waals surface area contributed by atoms with Crippen LogP contribution in [0.25, 0.3) is 0 Å². The third kappa shape index (κ3) is 5.39. The summed E-state index contributed by atoms with van der Waals surface area (Å²) in [5, 5.41) is 0. The molecular weight excluding hydrogens is 260 g/mol. The van der Waals surface area contributed by atoms with E-state index in [1.807, 2.05) is 12.4 Å². The van der Waals surface area contributed by atoms with Crippen molar-refractivity contribution in [3.63, 3.8) is 0 Å². The van der Waals surface area contributed by atoms with E-state index in [0.717, 1.165) is 30.3 Å². The minimum absolute atomic E-state index is 0.577. The van der Waals surface area contributed by atoms with E-state index in [0.29, 0.717) is 12.5 Å². The molecule has 0 bridgehead atoms. The maximum atomic E-state index is 5.61. The molecule has 0 spiro atoms. The Bertz CT molecular complexity index is 383. The Kier molecular flexibility index (Phi) is 7.14. The molecule has 3 nitrogen and oxygen atoms in total. The summed E-state index contributed by atoms with van der Waals surface area (Å²) >= 11 is 0. The van der Waals surface area contributed by atoms with Gasteiger partial charge in [0.2, 0.25) is 0 Å². The van der Waals surface area contributed by atoms with E-state index in [1.165, 1.54) is 44.9 Å². The zero-order chi connectivity index (χ0) is 14.9. The van der Waals surface area contributed by atoms with Crippen molar-refractivity contribution in [1.82, 2.24) is 9.97 Å². The van der Waals surface area contributed by atoms with Gasteiger partial charge in [-0.3, -0.25) is 0 Å². The highest BCUT2D eigenvalue weighted by atomic mass is 16.5. The van der Waals surface area contributed by atoms with Gasteiger partial charge in [0.1, 0.15) is 5.82 Å². The van der Waals surface area contributed by atoms with Gasteiger partial charge in [0.25, 0.3) is 0 Å². The summed E-state index contributed by atoms with van der Waals surface area (Å²) in [5.74, 6) is 2.56. The van der Waals surface area contributed by atoms with Crippen molar-refractivity contribution >= 4 is 0 Å². The minimum Gasteiger partial charge on any atom is -0.377 e. The molecule has 21 heavy (non-hydrogen) atoms. The zero-order valence-electron chi connectivity index (χ0n) is 13.7. The van der Waals surface area contributed by atoms with Gasteiger partial charge in [0.15, 0.2) is 0 Å². The van der Waals surface area contributed by atoms with Crippen LogP contribution < -0.4 is 0 Å². The zero-order valence-corrected chi connectivity index (χ0v) is 13.7. The second-order valence-electron chi connectivity index (χ2n) is 6.36. The number of ether oxygens (including phenoxy) is 1. The van der Waals surface area contributed by atoms with Crippen LogP contribution in [0.5, 0.6) is 0 Å². The standard InChI is InChI=1S/C18H30N2O/c1-3-5-11-21-14-16-12-19-18(20-13-16)17-9-7-15(6-4-2)8-10-17/h12-13,15,17H,3-11,14H2,1-2H3. The molecule has 0 unspecified atom stereocenters. The van der Waals surface area contributed by atoms with Crippen molar-refractivity contribution < 1.29 is 4.74 Å². The normalized spacial score (nSPS) is 22.4. The first-order chi connectivity index (χ1) is 10.3. The number of unbranched alkanes of at least 4 members (excludes halogenated alkanes) is 1. The van der Waals surface area contributed by atoms with Gasteiger partial charge < -0.3 is 4.74 Å². The van der Waals surface area contributed by atoms with Crippen LogP contribution in [-0.4, -0.2) is 16.6 Å². The molecule has 1 aromatic heterocycles. The highest BCUT2D eigenvalue weighted by Crippen LogP contribution is 2.35. The summed E-state index contributed by atoms with van der Waals surface area (Å²) < 4.78 is 5.61. The Balaban J connectivity index is 1.77. The topological polar surface area (TPSA) is 35.0 Å². The van der Waals surface area contributed by atoms with Gasteiger partial charge in [-0.05, 0) is 38.0 Å². The molecule has 1 heterocycles. The molecule has 1 aliphatic rings. The lowest BCUT2D eigenvalue weighted by Gasteiger charge is -2.27. The number of rotatable bonds is 8. The summed E-state index contributed by atoms with van der Waals surface area (Å²) in [5.41, 5.74) is 1.09. The molecule has 0 amide bonds. The highest BCUT2D eigenvalue weighted by molar-refractivity contribution is 5.07. The van der Waals surface area contributed by atoms with Crippen LogP contribution in [0.4, 0.5) is 0 Å². The van der Waals surface area contributed by atoms with Crippen molar-refractivity contribution in [1.29, 1.82) is 0 Å². The first kappa shape index (κ1) is 16.4. The fourth-order valence-electron chi connectivity index (χ4n) is 3.20. The van der Waals surface area contributed by atoms with Gasteiger partial charge in [-0.2, -0.15) is 0 Å². The fraction of sp³-hybridized carbons (Fsp3) is 0.778. The molecule has 2 rings (SSSR count). The molecule has 1 aliphatic carbocycles. The maximum absolute atomic E-state index is 5.61. The SMILES string of the molecule is CCCCOCc1cnc(C2CCC(CCC)CC2)nc1. The fourth-order valence-corrected chi connectivity index (χ4v) is 3.20. The molecule has 0 aromatic carbocycles. The Morgan fingerprint density at radius 2 is 1.76 bits per heavy atom. The van der Waals surface area contributed by atoms with E-state index >= 15 is 0 Å². The lowest BCUT2D eigenvalue weighted by molar-refractivity contribution is 0.117. The van der Waals surface area contributed by atoms with Gasteiger partial charge in [0.05, 0.1) is 6.61 Å². The summed E-state index contributed by atoms with van der Waals surface area (Å²) in [4.78, 5) is 9.16. The largest absolute Gasteiger partial charge is 0.377 e. The Morgan fingerprint density at radius 1 is 1.05 bits per heavy atom. The van der Waals surface area contributed by atoms with Crippen molar-refractivity contribution in [2.75, 3.05) is 6.61 Å². The number of hydrogen-bond acceptors (Lipinski definition) is 3. The minimum atomic E-state index is 0.577. The molecule has 0 N–H and O–H groups in total. The Morgan fingerprint density at radius 3 is 2.38 bits per heavy atom. The van der Waals surface area contributed by atoms with Gasteiger partial charge >= 0.3 is 0 Å². The average molecular weight is 290 g/mol. The van der Waals surface area contributed by atoms with Crippen molar-refractivity contribution in [2.45, 2.75) is 77.7 Å². The molecule has 0 radical (unpaired) electrons. The molecule has 0 atom stereocenters. The highest BCUT2D eigenvalue weighted by Gasteiger charge is 2.23. The van der Waals surface area contributed by atoms with Crippen LogP contribution in [-0.2, 0) is 11.3 Å². The van der Waals surface area contributed by atoms with Crippen molar-refractivity contribution in [2.24, 2.45) is 5.92 Å². The van der Waals surface area contributed by atoms with E-state index in [-0.39, 0.29) is 0 Å². The Labute approximate surface area is 129 Å². The van der Waals surface area contributed by atoms with Gasteiger partial charge in [-0.25, -0.2) is 9.97 Å².